The van der Waals surface area contributed by atoms with Crippen LogP contribution < -0.4 is 25.9 Å². The Bertz CT molecular complexity index is 2770. The van der Waals surface area contributed by atoms with Gasteiger partial charge < -0.3 is 18.6 Å². The average molecular weight is 629 g/mol. The van der Waals surface area contributed by atoms with E-state index in [1.54, 1.807) is 0 Å². The van der Waals surface area contributed by atoms with Crippen molar-refractivity contribution in [1.82, 2.24) is 9.13 Å². The Hall–Kier alpha value is -6.20. The van der Waals surface area contributed by atoms with Crippen LogP contribution in [0.15, 0.2) is 146 Å². The molecule has 0 amide bonds. The van der Waals surface area contributed by atoms with Gasteiger partial charge in [0.1, 0.15) is 23.0 Å². The van der Waals surface area contributed by atoms with Gasteiger partial charge in [-0.3, -0.25) is 0 Å². The van der Waals surface area contributed by atoms with Gasteiger partial charge in [-0.05, 0) is 89.1 Å². The molecular weight excluding hydrogens is 599 g/mol. The first-order valence-corrected chi connectivity index (χ1v) is 16.9. The van der Waals surface area contributed by atoms with Crippen LogP contribution in [0.4, 0.5) is 0 Å². The lowest BCUT2D eigenvalue weighted by atomic mass is 9.35. The third-order valence-electron chi connectivity index (χ3n) is 10.6. The molecule has 0 radical (unpaired) electrons. The Morgan fingerprint density at radius 3 is 1.80 bits per heavy atom. The van der Waals surface area contributed by atoms with Crippen molar-refractivity contribution >= 4 is 66.7 Å². The van der Waals surface area contributed by atoms with Crippen molar-refractivity contribution in [3.63, 3.8) is 0 Å². The van der Waals surface area contributed by atoms with E-state index in [2.05, 4.69) is 150 Å². The molecule has 7 aromatic carbocycles. The first-order chi connectivity index (χ1) is 24.2. The van der Waals surface area contributed by atoms with Crippen molar-refractivity contribution in [1.29, 1.82) is 0 Å². The molecule has 5 heteroatoms. The molecule has 0 fully saturated rings. The van der Waals surface area contributed by atoms with E-state index < -0.39 is 0 Å². The maximum absolute atomic E-state index is 6.58. The number of aromatic nitrogens is 2. The zero-order chi connectivity index (χ0) is 32.2. The summed E-state index contributed by atoms with van der Waals surface area (Å²) in [6.45, 7) is 0.0841. The fourth-order valence-corrected chi connectivity index (χ4v) is 8.49. The molecule has 4 nitrogen and oxygen atoms in total. The average Bonchev–Trinajstić information content (AvgIpc) is 3.61. The number of ether oxygens (including phenoxy) is 2. The predicted molar refractivity (Wildman–Crippen MR) is 202 cm³/mol. The monoisotopic (exact) mass is 628 g/mol. The van der Waals surface area contributed by atoms with E-state index >= 15 is 0 Å². The summed E-state index contributed by atoms with van der Waals surface area (Å²) in [5.41, 5.74) is 11.9. The molecule has 0 aliphatic carbocycles. The van der Waals surface area contributed by atoms with Crippen molar-refractivity contribution in [3.05, 3.63) is 157 Å². The van der Waals surface area contributed by atoms with Crippen LogP contribution in [0.5, 0.6) is 23.0 Å². The van der Waals surface area contributed by atoms with Gasteiger partial charge in [0.15, 0.2) is 0 Å². The Morgan fingerprint density at radius 1 is 0.469 bits per heavy atom. The molecule has 49 heavy (non-hydrogen) atoms. The maximum Gasteiger partial charge on any atom is 0.260 e. The van der Waals surface area contributed by atoms with E-state index in [0.717, 1.165) is 46.1 Å². The lowest BCUT2D eigenvalue weighted by Crippen LogP contribution is -2.57. The van der Waals surface area contributed by atoms with Crippen LogP contribution in [0.2, 0.25) is 0 Å². The third-order valence-corrected chi connectivity index (χ3v) is 10.6. The van der Waals surface area contributed by atoms with Crippen LogP contribution in [0.25, 0.3) is 49.3 Å². The van der Waals surface area contributed by atoms with E-state index in [1.807, 2.05) is 12.1 Å². The van der Waals surface area contributed by atoms with Gasteiger partial charge in [0.25, 0.3) is 6.71 Å². The minimum absolute atomic E-state index is 0.0841. The summed E-state index contributed by atoms with van der Waals surface area (Å²) in [5, 5.41) is 5.07. The summed E-state index contributed by atoms with van der Waals surface area (Å²) in [6.07, 6.45) is 0.750. The zero-order valence-corrected chi connectivity index (χ0v) is 26.9. The van der Waals surface area contributed by atoms with Gasteiger partial charge >= 0.3 is 0 Å². The van der Waals surface area contributed by atoms with Gasteiger partial charge in [0.05, 0.1) is 11.0 Å². The molecule has 0 N–H and O–H groups in total. The summed E-state index contributed by atoms with van der Waals surface area (Å²) in [6, 6.07) is 52.4. The highest BCUT2D eigenvalue weighted by Crippen LogP contribution is 2.39. The molecule has 0 saturated heterocycles. The topological polar surface area (TPSA) is 28.3 Å². The Morgan fingerprint density at radius 2 is 1.06 bits per heavy atom. The fourth-order valence-electron chi connectivity index (χ4n) is 8.49. The Balaban J connectivity index is 1.05. The first kappa shape index (κ1) is 26.8. The largest absolute Gasteiger partial charge is 0.458 e. The Kier molecular flexibility index (Phi) is 5.43. The SMILES string of the molecule is Cn1c2ccccc2c2cc3c(cc21)c1ccccc1n3-c1cccc(Cc2cc3c4c(c2)Oc2ccccc2B4c2ccccc2O3)c1. The number of rotatable bonds is 3. The van der Waals surface area contributed by atoms with Crippen molar-refractivity contribution < 1.29 is 9.47 Å². The third kappa shape index (κ3) is 3.81. The lowest BCUT2D eigenvalue weighted by molar-refractivity contribution is 0.463. The number of aryl methyl sites for hydroxylation is 1. The number of nitrogens with zero attached hydrogens (tertiary/aromatic N) is 2. The summed E-state index contributed by atoms with van der Waals surface area (Å²) in [7, 11) is 2.17. The predicted octanol–water partition coefficient (Wildman–Crippen LogP) is 8.75. The number of hydrogen-bond acceptors (Lipinski definition) is 2. The van der Waals surface area contributed by atoms with E-state index in [0.29, 0.717) is 0 Å². The van der Waals surface area contributed by atoms with Crippen LogP contribution in [-0.4, -0.2) is 15.8 Å². The van der Waals surface area contributed by atoms with Crippen molar-refractivity contribution in [3.8, 4) is 28.7 Å². The van der Waals surface area contributed by atoms with Gasteiger partial charge in [0, 0.05) is 50.8 Å². The molecule has 0 unspecified atom stereocenters. The number of hydrogen-bond donors (Lipinski definition) is 0. The highest BCUT2D eigenvalue weighted by atomic mass is 16.5. The molecule has 0 atom stereocenters. The van der Waals surface area contributed by atoms with Gasteiger partial charge in [-0.1, -0.05) is 84.9 Å². The molecule has 11 rings (SSSR count). The Labute approximate surface area is 283 Å². The van der Waals surface area contributed by atoms with Crippen LogP contribution in [-0.2, 0) is 13.5 Å². The smallest absolute Gasteiger partial charge is 0.260 e. The van der Waals surface area contributed by atoms with E-state index in [4.69, 9.17) is 9.47 Å². The summed E-state index contributed by atoms with van der Waals surface area (Å²) >= 11 is 0. The second-order valence-electron chi connectivity index (χ2n) is 13.4. The summed E-state index contributed by atoms with van der Waals surface area (Å²) in [5.74, 6) is 3.58. The summed E-state index contributed by atoms with van der Waals surface area (Å²) < 4.78 is 17.9. The molecule has 9 aromatic rings. The van der Waals surface area contributed by atoms with Gasteiger partial charge in [-0.2, -0.15) is 0 Å². The second-order valence-corrected chi connectivity index (χ2v) is 13.4. The van der Waals surface area contributed by atoms with Crippen LogP contribution in [0, 0.1) is 0 Å². The molecule has 0 saturated carbocycles. The molecule has 4 heterocycles. The molecule has 230 valence electrons. The molecular formula is C44H29BN2O2. The molecule has 2 aliphatic heterocycles. The van der Waals surface area contributed by atoms with Crippen molar-refractivity contribution in [2.45, 2.75) is 6.42 Å². The van der Waals surface area contributed by atoms with Gasteiger partial charge in [-0.15, -0.1) is 0 Å². The summed E-state index contributed by atoms with van der Waals surface area (Å²) in [4.78, 5) is 0. The first-order valence-electron chi connectivity index (χ1n) is 16.9. The van der Waals surface area contributed by atoms with Crippen molar-refractivity contribution in [2.24, 2.45) is 7.05 Å². The minimum atomic E-state index is 0.0841. The number of benzene rings is 7. The minimum Gasteiger partial charge on any atom is -0.458 e. The molecule has 2 aliphatic rings. The lowest BCUT2D eigenvalue weighted by Gasteiger charge is -2.33. The van der Waals surface area contributed by atoms with Crippen molar-refractivity contribution in [2.75, 3.05) is 0 Å². The highest BCUT2D eigenvalue weighted by molar-refractivity contribution is 6.98. The normalized spacial score (nSPS) is 13.0. The second kappa shape index (κ2) is 9.91. The highest BCUT2D eigenvalue weighted by Gasteiger charge is 2.40. The molecule has 2 aromatic heterocycles. The maximum atomic E-state index is 6.58. The van der Waals surface area contributed by atoms with Gasteiger partial charge in [-0.25, -0.2) is 0 Å². The molecule has 0 bridgehead atoms. The van der Waals surface area contributed by atoms with Crippen LogP contribution in [0.1, 0.15) is 11.1 Å². The van der Waals surface area contributed by atoms with Gasteiger partial charge in [0.2, 0.25) is 0 Å². The zero-order valence-electron chi connectivity index (χ0n) is 26.9. The quantitative estimate of drug-likeness (QED) is 0.183. The fraction of sp³-hybridized carbons (Fsp3) is 0.0455. The van der Waals surface area contributed by atoms with E-state index in [1.165, 1.54) is 60.1 Å². The molecule has 0 spiro atoms. The number of fused-ring (bicyclic) bond motifs is 10. The standard InChI is InChI=1S/C44H29BN2O2/c1-46-36-17-6-2-13-30(36)32-26-39-33(25-38(32)46)31-14-3-7-18-37(31)47(39)29-12-10-11-27(22-29)21-28-23-42-44-43(24-28)49-41-20-9-5-16-35(41)45(44)34-15-4-8-19-40(34)48-42/h2-20,22-26H,21H2,1H3. The van der Waals surface area contributed by atoms with Crippen LogP contribution >= 0.6 is 0 Å². The van der Waals surface area contributed by atoms with E-state index in [9.17, 15) is 0 Å². The number of para-hydroxylation sites is 4. The van der Waals surface area contributed by atoms with Crippen LogP contribution in [0.3, 0.4) is 0 Å². The van der Waals surface area contributed by atoms with E-state index in [-0.39, 0.29) is 6.71 Å².